The van der Waals surface area contributed by atoms with E-state index in [-0.39, 0.29) is 24.3 Å². The van der Waals surface area contributed by atoms with Gasteiger partial charge in [0.1, 0.15) is 23.0 Å². The maximum atomic E-state index is 12.5. The molecule has 0 spiro atoms. The van der Waals surface area contributed by atoms with Gasteiger partial charge in [0, 0.05) is 10.9 Å². The monoisotopic (exact) mass is 344 g/mol. The van der Waals surface area contributed by atoms with Crippen LogP contribution in [0.5, 0.6) is 0 Å². The molecule has 0 bridgehead atoms. The number of thiophene rings is 1. The molecule has 2 aromatic heterocycles. The van der Waals surface area contributed by atoms with E-state index >= 15 is 0 Å². The Balaban J connectivity index is 1.69. The van der Waals surface area contributed by atoms with Crippen LogP contribution in [0.1, 0.15) is 43.6 Å². The number of fused-ring (bicyclic) bond motifs is 3. The Bertz CT molecular complexity index is 829. The number of aromatic nitrogens is 2. The van der Waals surface area contributed by atoms with Crippen molar-refractivity contribution in [2.24, 2.45) is 0 Å². The standard InChI is InChI=1S/C17H20N4O2S/c1-9(2)21-13(22)7-11(17(21)23)20-15-14-10-5-3-4-6-12(10)24-16(14)19-8-18-15/h8-9,11H,3-7H2,1-2H3,(H,18,19,20). The SMILES string of the molecule is CC(C)N1C(=O)CC(Nc2ncnc3sc4c(c23)CCCC4)C1=O. The van der Waals surface area contributed by atoms with Crippen molar-refractivity contribution in [3.63, 3.8) is 0 Å². The second-order valence-corrected chi connectivity index (χ2v) is 7.79. The molecule has 2 aliphatic rings. The summed E-state index contributed by atoms with van der Waals surface area (Å²) < 4.78 is 0. The average Bonchev–Trinajstić information content (AvgIpc) is 3.05. The van der Waals surface area contributed by atoms with Crippen LogP contribution >= 0.6 is 11.3 Å². The molecule has 126 valence electrons. The molecule has 3 heterocycles. The van der Waals surface area contributed by atoms with E-state index in [0.29, 0.717) is 5.82 Å². The van der Waals surface area contributed by atoms with Crippen LogP contribution < -0.4 is 5.32 Å². The van der Waals surface area contributed by atoms with Crippen molar-refractivity contribution in [1.29, 1.82) is 0 Å². The fourth-order valence-corrected chi connectivity index (χ4v) is 4.90. The largest absolute Gasteiger partial charge is 0.357 e. The van der Waals surface area contributed by atoms with E-state index in [0.717, 1.165) is 23.1 Å². The lowest BCUT2D eigenvalue weighted by Gasteiger charge is -2.19. The van der Waals surface area contributed by atoms with Gasteiger partial charge in [-0.3, -0.25) is 14.5 Å². The molecule has 0 saturated carbocycles. The summed E-state index contributed by atoms with van der Waals surface area (Å²) in [5, 5.41) is 4.27. The van der Waals surface area contributed by atoms with Gasteiger partial charge in [0.25, 0.3) is 5.91 Å². The highest BCUT2D eigenvalue weighted by Crippen LogP contribution is 2.38. The summed E-state index contributed by atoms with van der Waals surface area (Å²) in [5.74, 6) is 0.409. The fourth-order valence-electron chi connectivity index (χ4n) is 3.67. The number of nitrogens with zero attached hydrogens (tertiary/aromatic N) is 3. The first-order valence-corrected chi connectivity index (χ1v) is 9.25. The molecule has 2 aromatic rings. The minimum absolute atomic E-state index is 0.115. The third-order valence-electron chi connectivity index (χ3n) is 4.76. The lowest BCUT2D eigenvalue weighted by atomic mass is 9.97. The molecule has 1 aliphatic heterocycles. The second kappa shape index (κ2) is 5.81. The quantitative estimate of drug-likeness (QED) is 0.866. The highest BCUT2D eigenvalue weighted by molar-refractivity contribution is 7.19. The first-order valence-electron chi connectivity index (χ1n) is 8.44. The molecule has 0 radical (unpaired) electrons. The van der Waals surface area contributed by atoms with E-state index < -0.39 is 6.04 Å². The topological polar surface area (TPSA) is 75.2 Å². The van der Waals surface area contributed by atoms with Gasteiger partial charge in [-0.2, -0.15) is 0 Å². The predicted molar refractivity (Wildman–Crippen MR) is 93.1 cm³/mol. The summed E-state index contributed by atoms with van der Waals surface area (Å²) in [7, 11) is 0. The number of aryl methyl sites for hydroxylation is 2. The van der Waals surface area contributed by atoms with Crippen LogP contribution in [-0.4, -0.2) is 38.8 Å². The molecule has 1 atom stereocenters. The molecular formula is C17H20N4O2S. The summed E-state index contributed by atoms with van der Waals surface area (Å²) >= 11 is 1.73. The van der Waals surface area contributed by atoms with Crippen LogP contribution in [-0.2, 0) is 22.4 Å². The van der Waals surface area contributed by atoms with Gasteiger partial charge in [0.15, 0.2) is 0 Å². The van der Waals surface area contributed by atoms with Crippen LogP contribution in [0.25, 0.3) is 10.2 Å². The zero-order chi connectivity index (χ0) is 16.8. The third-order valence-corrected chi connectivity index (χ3v) is 5.96. The summed E-state index contributed by atoms with van der Waals surface area (Å²) in [5.41, 5.74) is 1.32. The first-order chi connectivity index (χ1) is 11.6. The number of likely N-dealkylation sites (tertiary alicyclic amines) is 1. The van der Waals surface area contributed by atoms with Crippen molar-refractivity contribution in [3.8, 4) is 0 Å². The van der Waals surface area contributed by atoms with Gasteiger partial charge in [-0.05, 0) is 45.1 Å². The Labute approximate surface area is 144 Å². The second-order valence-electron chi connectivity index (χ2n) is 6.71. The molecule has 1 aliphatic carbocycles. The summed E-state index contributed by atoms with van der Waals surface area (Å²) in [4.78, 5) is 37.1. The van der Waals surface area contributed by atoms with Gasteiger partial charge in [-0.15, -0.1) is 11.3 Å². The Kier molecular flexibility index (Phi) is 3.75. The van der Waals surface area contributed by atoms with Gasteiger partial charge in [0.05, 0.1) is 11.8 Å². The molecular weight excluding hydrogens is 324 g/mol. The third kappa shape index (κ3) is 2.38. The van der Waals surface area contributed by atoms with Gasteiger partial charge < -0.3 is 5.32 Å². The molecule has 1 fully saturated rings. The number of carbonyl (C=O) groups excluding carboxylic acids is 2. The molecule has 2 amide bonds. The van der Waals surface area contributed by atoms with Crippen molar-refractivity contribution in [1.82, 2.24) is 14.9 Å². The Morgan fingerprint density at radius 1 is 1.25 bits per heavy atom. The van der Waals surface area contributed by atoms with Gasteiger partial charge in [-0.25, -0.2) is 9.97 Å². The van der Waals surface area contributed by atoms with E-state index in [2.05, 4.69) is 15.3 Å². The summed E-state index contributed by atoms with van der Waals surface area (Å²) in [6.45, 7) is 3.71. The Morgan fingerprint density at radius 2 is 2.04 bits per heavy atom. The zero-order valence-electron chi connectivity index (χ0n) is 13.8. The van der Waals surface area contributed by atoms with E-state index in [1.165, 1.54) is 34.5 Å². The van der Waals surface area contributed by atoms with E-state index in [1.54, 1.807) is 11.3 Å². The first kappa shape index (κ1) is 15.5. The van der Waals surface area contributed by atoms with Crippen molar-refractivity contribution in [2.45, 2.75) is 58.0 Å². The fraction of sp³-hybridized carbons (Fsp3) is 0.529. The van der Waals surface area contributed by atoms with E-state index in [1.807, 2.05) is 13.8 Å². The molecule has 7 heteroatoms. The van der Waals surface area contributed by atoms with E-state index in [9.17, 15) is 9.59 Å². The van der Waals surface area contributed by atoms with Crippen molar-refractivity contribution in [3.05, 3.63) is 16.8 Å². The minimum Gasteiger partial charge on any atom is -0.357 e. The number of rotatable bonds is 3. The summed E-state index contributed by atoms with van der Waals surface area (Å²) in [6, 6.07) is -0.645. The molecule has 1 saturated heterocycles. The van der Waals surface area contributed by atoms with Crippen LogP contribution in [0, 0.1) is 0 Å². The number of carbonyl (C=O) groups is 2. The van der Waals surface area contributed by atoms with Crippen LogP contribution in [0.4, 0.5) is 5.82 Å². The lowest BCUT2D eigenvalue weighted by Crippen LogP contribution is -2.39. The maximum Gasteiger partial charge on any atom is 0.252 e. The average molecular weight is 344 g/mol. The van der Waals surface area contributed by atoms with Crippen molar-refractivity contribution in [2.75, 3.05) is 5.32 Å². The Morgan fingerprint density at radius 3 is 2.79 bits per heavy atom. The normalized spacial score (nSPS) is 21.0. The molecule has 4 rings (SSSR count). The minimum atomic E-state index is -0.530. The highest BCUT2D eigenvalue weighted by Gasteiger charge is 2.40. The molecule has 24 heavy (non-hydrogen) atoms. The molecule has 6 nitrogen and oxygen atoms in total. The summed E-state index contributed by atoms with van der Waals surface area (Å²) in [6.07, 6.45) is 6.25. The van der Waals surface area contributed by atoms with Crippen LogP contribution in [0.3, 0.4) is 0 Å². The number of amides is 2. The van der Waals surface area contributed by atoms with Crippen LogP contribution in [0.2, 0.25) is 0 Å². The molecule has 1 unspecified atom stereocenters. The predicted octanol–water partition coefficient (Wildman–Crippen LogP) is 2.52. The molecule has 1 N–H and O–H groups in total. The highest BCUT2D eigenvalue weighted by atomic mass is 32.1. The smallest absolute Gasteiger partial charge is 0.252 e. The van der Waals surface area contributed by atoms with E-state index in [4.69, 9.17) is 0 Å². The van der Waals surface area contributed by atoms with Gasteiger partial charge in [-0.1, -0.05) is 0 Å². The number of imide groups is 1. The van der Waals surface area contributed by atoms with Crippen molar-refractivity contribution >= 4 is 39.2 Å². The zero-order valence-corrected chi connectivity index (χ0v) is 14.7. The Hall–Kier alpha value is -2.02. The van der Waals surface area contributed by atoms with Crippen molar-refractivity contribution < 1.29 is 9.59 Å². The number of hydrogen-bond acceptors (Lipinski definition) is 6. The van der Waals surface area contributed by atoms with Gasteiger partial charge >= 0.3 is 0 Å². The number of anilines is 1. The molecule has 0 aromatic carbocycles. The number of nitrogens with one attached hydrogen (secondary N) is 1. The maximum absolute atomic E-state index is 12.5. The lowest BCUT2D eigenvalue weighted by molar-refractivity contribution is -0.140. The number of hydrogen-bond donors (Lipinski definition) is 1. The van der Waals surface area contributed by atoms with Crippen LogP contribution in [0.15, 0.2) is 6.33 Å². The van der Waals surface area contributed by atoms with Gasteiger partial charge in [0.2, 0.25) is 5.91 Å².